The summed E-state index contributed by atoms with van der Waals surface area (Å²) in [5.41, 5.74) is 0.270. The maximum atomic E-state index is 12.8. The highest BCUT2D eigenvalue weighted by Gasteiger charge is 2.32. The van der Waals surface area contributed by atoms with Crippen LogP contribution in [0.15, 0.2) is 17.2 Å². The van der Waals surface area contributed by atoms with Crippen LogP contribution in [-0.4, -0.2) is 65.4 Å². The lowest BCUT2D eigenvalue weighted by atomic mass is 9.98. The number of nitrogens with zero attached hydrogens (tertiary/aromatic N) is 3. The molecular weight excluding hydrogens is 358 g/mol. The van der Waals surface area contributed by atoms with Crippen molar-refractivity contribution in [3.05, 3.63) is 18.0 Å². The molecule has 0 spiro atoms. The second-order valence-corrected chi connectivity index (χ2v) is 9.00. The number of likely N-dealkylation sites (tertiary alicyclic amines) is 1. The Morgan fingerprint density at radius 3 is 2.46 bits per heavy atom. The van der Waals surface area contributed by atoms with Gasteiger partial charge in [0.15, 0.2) is 0 Å². The number of aromatic nitrogens is 1. The molecule has 1 N–H and O–H groups in total. The van der Waals surface area contributed by atoms with E-state index in [1.165, 1.54) is 26.0 Å². The van der Waals surface area contributed by atoms with Gasteiger partial charge in [-0.1, -0.05) is 6.42 Å². The number of hydrogen-bond acceptors (Lipinski definition) is 4. The van der Waals surface area contributed by atoms with E-state index in [9.17, 15) is 23.1 Å². The summed E-state index contributed by atoms with van der Waals surface area (Å²) in [6, 6.07) is 1.41. The summed E-state index contributed by atoms with van der Waals surface area (Å²) in [5, 5.41) is 9.19. The van der Waals surface area contributed by atoms with E-state index in [4.69, 9.17) is 0 Å². The fourth-order valence-corrected chi connectivity index (χ4v) is 5.26. The topological polar surface area (TPSA) is 99.9 Å². The van der Waals surface area contributed by atoms with Gasteiger partial charge in [-0.3, -0.25) is 9.59 Å². The number of carboxylic acids is 1. The first-order valence-electron chi connectivity index (χ1n) is 8.99. The first-order chi connectivity index (χ1) is 12.3. The Morgan fingerprint density at radius 2 is 1.81 bits per heavy atom. The fourth-order valence-electron chi connectivity index (χ4n) is 3.67. The van der Waals surface area contributed by atoms with E-state index in [0.717, 1.165) is 19.3 Å². The third kappa shape index (κ3) is 3.64. The second kappa shape index (κ2) is 7.40. The second-order valence-electron chi connectivity index (χ2n) is 7.07. The van der Waals surface area contributed by atoms with Gasteiger partial charge in [0.25, 0.3) is 5.91 Å². The molecule has 1 unspecified atom stereocenters. The smallest absolute Gasteiger partial charge is 0.308 e. The summed E-state index contributed by atoms with van der Waals surface area (Å²) in [5.74, 6) is -1.79. The van der Waals surface area contributed by atoms with Crippen LogP contribution in [0.25, 0.3) is 0 Å². The third-order valence-electron chi connectivity index (χ3n) is 5.21. The van der Waals surface area contributed by atoms with Gasteiger partial charge in [0.2, 0.25) is 10.0 Å². The van der Waals surface area contributed by atoms with Crippen molar-refractivity contribution < 1.29 is 23.1 Å². The summed E-state index contributed by atoms with van der Waals surface area (Å²) in [7, 11) is -1.96. The van der Waals surface area contributed by atoms with Crippen molar-refractivity contribution in [2.24, 2.45) is 13.0 Å². The number of amides is 1. The van der Waals surface area contributed by atoms with Gasteiger partial charge < -0.3 is 14.6 Å². The maximum absolute atomic E-state index is 12.8. The zero-order valence-electron chi connectivity index (χ0n) is 14.9. The third-order valence-corrected chi connectivity index (χ3v) is 7.07. The molecule has 144 valence electrons. The number of carbonyl (C=O) groups is 2. The number of hydrogen-bond donors (Lipinski definition) is 1. The van der Waals surface area contributed by atoms with Gasteiger partial charge in [0, 0.05) is 39.4 Å². The predicted molar refractivity (Wildman–Crippen MR) is 94.3 cm³/mol. The average molecular weight is 383 g/mol. The summed E-state index contributed by atoms with van der Waals surface area (Å²) in [6.07, 6.45) is 5.39. The molecule has 1 aromatic rings. The van der Waals surface area contributed by atoms with Crippen LogP contribution in [0.1, 0.15) is 42.6 Å². The average Bonchev–Trinajstić information content (AvgIpc) is 3.04. The van der Waals surface area contributed by atoms with E-state index in [1.54, 1.807) is 7.05 Å². The Morgan fingerprint density at radius 1 is 1.12 bits per heavy atom. The molecule has 3 rings (SSSR count). The Kier molecular flexibility index (Phi) is 5.38. The van der Waals surface area contributed by atoms with Gasteiger partial charge in [-0.25, -0.2) is 8.42 Å². The lowest BCUT2D eigenvalue weighted by Crippen LogP contribution is -2.42. The predicted octanol–water partition coefficient (Wildman–Crippen LogP) is 1.14. The van der Waals surface area contributed by atoms with Crippen molar-refractivity contribution >= 4 is 21.9 Å². The highest BCUT2D eigenvalue weighted by atomic mass is 32.2. The van der Waals surface area contributed by atoms with Gasteiger partial charge in [-0.05, 0) is 31.7 Å². The molecule has 0 aromatic carbocycles. The van der Waals surface area contributed by atoms with E-state index in [-0.39, 0.29) is 23.0 Å². The van der Waals surface area contributed by atoms with Crippen molar-refractivity contribution in [3.8, 4) is 0 Å². The van der Waals surface area contributed by atoms with Gasteiger partial charge in [-0.2, -0.15) is 4.31 Å². The Labute approximate surface area is 153 Å². The Bertz CT molecular complexity index is 795. The molecule has 1 atom stereocenters. The first kappa shape index (κ1) is 18.9. The van der Waals surface area contributed by atoms with Gasteiger partial charge in [0.05, 0.1) is 5.92 Å². The number of aliphatic carboxylic acids is 1. The van der Waals surface area contributed by atoms with E-state index in [2.05, 4.69) is 0 Å². The molecule has 26 heavy (non-hydrogen) atoms. The fraction of sp³-hybridized carbons (Fsp3) is 0.647. The molecule has 0 bridgehead atoms. The van der Waals surface area contributed by atoms with Crippen molar-refractivity contribution in [2.45, 2.75) is 37.0 Å². The quantitative estimate of drug-likeness (QED) is 0.840. The van der Waals surface area contributed by atoms with Crippen LogP contribution in [0.2, 0.25) is 0 Å². The molecule has 1 amide bonds. The molecule has 2 aliphatic heterocycles. The Hall–Kier alpha value is -1.87. The first-order valence-corrected chi connectivity index (χ1v) is 10.4. The largest absolute Gasteiger partial charge is 0.481 e. The summed E-state index contributed by atoms with van der Waals surface area (Å²) < 4.78 is 28.6. The molecule has 3 heterocycles. The SMILES string of the molecule is Cn1cc(S(=O)(=O)N2CCCCC2)cc1C(=O)N1CCCC(C(=O)O)C1. The number of piperidine rings is 2. The number of aryl methyl sites for hydroxylation is 1. The van der Waals surface area contributed by atoms with Gasteiger partial charge in [-0.15, -0.1) is 0 Å². The summed E-state index contributed by atoms with van der Waals surface area (Å²) in [4.78, 5) is 25.6. The zero-order valence-corrected chi connectivity index (χ0v) is 15.7. The molecule has 0 aliphatic carbocycles. The molecular formula is C17H25N3O5S. The van der Waals surface area contributed by atoms with E-state index < -0.39 is 21.9 Å². The van der Waals surface area contributed by atoms with Crippen LogP contribution in [0.5, 0.6) is 0 Å². The standard InChI is InChI=1S/C17H25N3O5S/c1-18-12-14(26(24,25)20-8-3-2-4-9-20)10-15(18)16(21)19-7-5-6-13(11-19)17(22)23/h10,12-13H,2-9,11H2,1H3,(H,22,23). The van der Waals surface area contributed by atoms with E-state index >= 15 is 0 Å². The highest BCUT2D eigenvalue weighted by molar-refractivity contribution is 7.89. The molecule has 1 aromatic heterocycles. The number of carbonyl (C=O) groups excluding carboxylic acids is 1. The molecule has 0 radical (unpaired) electrons. The van der Waals surface area contributed by atoms with Crippen molar-refractivity contribution in [1.82, 2.24) is 13.8 Å². The molecule has 9 heteroatoms. The monoisotopic (exact) mass is 383 g/mol. The molecule has 8 nitrogen and oxygen atoms in total. The molecule has 2 aliphatic rings. The normalized spacial score (nSPS) is 22.3. The number of carboxylic acid groups (broad SMARTS) is 1. The lowest BCUT2D eigenvalue weighted by molar-refractivity contribution is -0.143. The van der Waals surface area contributed by atoms with Crippen LogP contribution in [0.3, 0.4) is 0 Å². The van der Waals surface area contributed by atoms with Crippen LogP contribution in [-0.2, 0) is 21.9 Å². The van der Waals surface area contributed by atoms with E-state index in [0.29, 0.717) is 32.5 Å². The minimum Gasteiger partial charge on any atom is -0.481 e. The number of sulfonamides is 1. The van der Waals surface area contributed by atoms with Crippen molar-refractivity contribution in [2.75, 3.05) is 26.2 Å². The summed E-state index contributed by atoms with van der Waals surface area (Å²) in [6.45, 7) is 1.66. The highest BCUT2D eigenvalue weighted by Crippen LogP contribution is 2.24. The van der Waals surface area contributed by atoms with Crippen LogP contribution >= 0.6 is 0 Å². The van der Waals surface area contributed by atoms with Crippen molar-refractivity contribution in [3.63, 3.8) is 0 Å². The number of rotatable bonds is 4. The zero-order chi connectivity index (χ0) is 18.9. The lowest BCUT2D eigenvalue weighted by Gasteiger charge is -2.30. The maximum Gasteiger partial charge on any atom is 0.308 e. The van der Waals surface area contributed by atoms with Crippen molar-refractivity contribution in [1.29, 1.82) is 0 Å². The molecule has 2 fully saturated rings. The van der Waals surface area contributed by atoms with Gasteiger partial charge in [0.1, 0.15) is 10.6 Å². The molecule has 2 saturated heterocycles. The Balaban J connectivity index is 1.81. The van der Waals surface area contributed by atoms with Crippen LogP contribution in [0, 0.1) is 5.92 Å². The minimum atomic E-state index is -3.60. The van der Waals surface area contributed by atoms with Crippen LogP contribution in [0.4, 0.5) is 0 Å². The van der Waals surface area contributed by atoms with Crippen LogP contribution < -0.4 is 0 Å². The minimum absolute atomic E-state index is 0.122. The summed E-state index contributed by atoms with van der Waals surface area (Å²) >= 11 is 0. The van der Waals surface area contributed by atoms with E-state index in [1.807, 2.05) is 0 Å². The van der Waals surface area contributed by atoms with Gasteiger partial charge >= 0.3 is 5.97 Å². The molecule has 0 saturated carbocycles.